The minimum absolute atomic E-state index is 0.101. The first-order valence-electron chi connectivity index (χ1n) is 20.0. The van der Waals surface area contributed by atoms with Gasteiger partial charge in [-0.25, -0.2) is 9.59 Å². The van der Waals surface area contributed by atoms with Crippen molar-refractivity contribution in [1.82, 2.24) is 0 Å². The molecule has 0 radical (unpaired) electrons. The number of carbonyl (C=O) groups excluding carboxylic acids is 2. The fraction of sp³-hybridized carbons (Fsp3) is 0.581. The maximum absolute atomic E-state index is 12.6. The van der Waals surface area contributed by atoms with Crippen LogP contribution >= 0.6 is 14.7 Å². The number of carbonyl (C=O) groups is 2. The van der Waals surface area contributed by atoms with Gasteiger partial charge in [0.15, 0.2) is 0 Å². The second-order valence-electron chi connectivity index (χ2n) is 17.1. The van der Waals surface area contributed by atoms with Crippen molar-refractivity contribution in [3.8, 4) is 23.0 Å². The summed E-state index contributed by atoms with van der Waals surface area (Å²) in [7, 11) is -3.96. The van der Waals surface area contributed by atoms with E-state index in [1.54, 1.807) is 7.11 Å². The number of rotatable bonds is 20. The maximum atomic E-state index is 12.6. The molecule has 2 heterocycles. The monoisotopic (exact) mass is 864 g/mol. The average molecular weight is 865 g/mol. The molecule has 15 heteroatoms. The number of fused-ring (bicyclic) bond motifs is 2. The van der Waals surface area contributed by atoms with Crippen LogP contribution in [0, 0.1) is 13.8 Å². The van der Waals surface area contributed by atoms with Crippen molar-refractivity contribution in [3.05, 3.63) is 67.8 Å². The van der Waals surface area contributed by atoms with Crippen LogP contribution in [0.3, 0.4) is 0 Å². The van der Waals surface area contributed by atoms with Crippen molar-refractivity contribution in [2.24, 2.45) is 0 Å². The van der Waals surface area contributed by atoms with Gasteiger partial charge in [0.2, 0.25) is 0 Å². The van der Waals surface area contributed by atoms with Crippen molar-refractivity contribution in [2.45, 2.75) is 118 Å². The Morgan fingerprint density at radius 3 is 1.69 bits per heavy atom. The third kappa shape index (κ3) is 14.1. The molecule has 0 fully saturated rings. The van der Waals surface area contributed by atoms with E-state index in [0.717, 1.165) is 65.0 Å². The summed E-state index contributed by atoms with van der Waals surface area (Å²) in [5.74, 6) is 1.03. The lowest BCUT2D eigenvalue weighted by Gasteiger charge is -2.21. The van der Waals surface area contributed by atoms with Gasteiger partial charge in [0.25, 0.3) is 0 Å². The molecule has 0 atom stereocenters. The Hall–Kier alpha value is -3.34. The number of hydrogen-bond donors (Lipinski definition) is 3. The van der Waals surface area contributed by atoms with Gasteiger partial charge in [-0.1, -0.05) is 42.9 Å². The molecule has 324 valence electrons. The van der Waals surface area contributed by atoms with Crippen LogP contribution < -0.4 is 14.2 Å². The van der Waals surface area contributed by atoms with Crippen LogP contribution in [0.15, 0.2) is 23.3 Å². The highest BCUT2D eigenvalue weighted by Crippen LogP contribution is 2.44. The van der Waals surface area contributed by atoms with Crippen LogP contribution in [0.5, 0.6) is 23.0 Å². The van der Waals surface area contributed by atoms with Gasteiger partial charge in [-0.15, -0.1) is 0 Å². The summed E-state index contributed by atoms with van der Waals surface area (Å²) in [4.78, 5) is 42.2. The number of methoxy groups -OCH3 is 2. The summed E-state index contributed by atoms with van der Waals surface area (Å²) < 4.78 is 50.7. The van der Waals surface area contributed by atoms with Crippen molar-refractivity contribution >= 4 is 34.8 Å². The molecular formula is C43H66O12P2Si. The first-order chi connectivity index (χ1) is 27.0. The summed E-state index contributed by atoms with van der Waals surface area (Å²) in [6, 6.07) is 1.01. The van der Waals surface area contributed by atoms with E-state index in [4.69, 9.17) is 33.5 Å². The average Bonchev–Trinajstić information content (AvgIpc) is 3.71. The molecule has 0 unspecified atom stereocenters. The van der Waals surface area contributed by atoms with E-state index < -0.39 is 28.8 Å². The highest BCUT2D eigenvalue weighted by molar-refractivity contribution is 7.62. The van der Waals surface area contributed by atoms with Crippen LogP contribution in [-0.2, 0) is 44.7 Å². The predicted octanol–water partition coefficient (Wildman–Crippen LogP) is 9.89. The van der Waals surface area contributed by atoms with Gasteiger partial charge in [-0.3, -0.25) is 4.57 Å². The second kappa shape index (κ2) is 21.3. The number of ether oxygens (including phenoxy) is 5. The highest BCUT2D eigenvalue weighted by atomic mass is 31.2. The van der Waals surface area contributed by atoms with Crippen molar-refractivity contribution in [3.63, 3.8) is 0 Å². The first kappa shape index (κ1) is 49.0. The van der Waals surface area contributed by atoms with Crippen LogP contribution in [0.25, 0.3) is 0 Å². The molecule has 0 saturated heterocycles. The Kier molecular flexibility index (Phi) is 18.0. The lowest BCUT2D eigenvalue weighted by atomic mass is 9.94. The summed E-state index contributed by atoms with van der Waals surface area (Å²) in [5.41, 5.74) is 7.84. The van der Waals surface area contributed by atoms with Gasteiger partial charge < -0.3 is 43.1 Å². The summed E-state index contributed by atoms with van der Waals surface area (Å²) >= 11 is 0. The second-order valence-corrected chi connectivity index (χ2v) is 28.1. The van der Waals surface area contributed by atoms with Crippen molar-refractivity contribution < 1.29 is 57.3 Å². The number of allylic oxidation sites excluding steroid dienone is 4. The quantitative estimate of drug-likeness (QED) is 0.0378. The Morgan fingerprint density at radius 2 is 1.21 bits per heavy atom. The Bertz CT molecular complexity index is 1970. The summed E-state index contributed by atoms with van der Waals surface area (Å²) in [6.45, 7) is 19.5. The number of esters is 2. The molecule has 2 aliphatic rings. The Morgan fingerprint density at radius 1 is 0.741 bits per heavy atom. The van der Waals surface area contributed by atoms with Crippen LogP contribution in [0.2, 0.25) is 25.7 Å². The highest BCUT2D eigenvalue weighted by Gasteiger charge is 2.34. The van der Waals surface area contributed by atoms with E-state index in [0.29, 0.717) is 66.9 Å². The lowest BCUT2D eigenvalue weighted by molar-refractivity contribution is 0.0523. The number of phenols is 1. The van der Waals surface area contributed by atoms with Crippen LogP contribution in [0.4, 0.5) is 0 Å². The molecule has 0 spiro atoms. The van der Waals surface area contributed by atoms with E-state index in [1.165, 1.54) is 12.7 Å². The Balaban J connectivity index is 0.000000317. The number of benzene rings is 2. The lowest BCUT2D eigenvalue weighted by Crippen LogP contribution is -2.23. The predicted molar refractivity (Wildman–Crippen MR) is 233 cm³/mol. The van der Waals surface area contributed by atoms with E-state index in [2.05, 4.69) is 32.6 Å². The molecule has 12 nitrogen and oxygen atoms in total. The third-order valence-corrected chi connectivity index (χ3v) is 14.5. The Labute approximate surface area is 346 Å². The fourth-order valence-electron chi connectivity index (χ4n) is 7.03. The molecule has 0 amide bonds. The summed E-state index contributed by atoms with van der Waals surface area (Å²) in [5, 5.41) is 10.5. The van der Waals surface area contributed by atoms with Crippen LogP contribution in [-0.4, -0.2) is 81.4 Å². The fourth-order valence-corrected chi connectivity index (χ4v) is 9.37. The van der Waals surface area contributed by atoms with Gasteiger partial charge in [0.05, 0.1) is 28.0 Å². The van der Waals surface area contributed by atoms with E-state index in [1.807, 2.05) is 40.2 Å². The molecule has 3 N–H and O–H groups in total. The molecular weight excluding hydrogens is 798 g/mol. The molecule has 4 rings (SSSR count). The zero-order chi connectivity index (χ0) is 43.6. The van der Waals surface area contributed by atoms with E-state index >= 15 is 0 Å². The first-order valence-corrected chi connectivity index (χ1v) is 28.3. The number of cyclic esters (lactones) is 2. The molecule has 58 heavy (non-hydrogen) atoms. The zero-order valence-corrected chi connectivity index (χ0v) is 39.3. The molecule has 0 saturated carbocycles. The van der Waals surface area contributed by atoms with E-state index in [9.17, 15) is 23.8 Å². The minimum Gasteiger partial charge on any atom is -0.507 e. The number of aromatic hydroxyl groups is 1. The standard InChI is InChI=1S/C25H41O5PSi.C18H25O7P/c1-18(11-9-10-15-31(4,5)27)12-13-20-23(28-3)19(2)21-17-30-25(26)22(21)24(20)29-14-16-32(6,7)8;1-11(6-4-5-9-26(21,22)23)7-8-13-16(19)15-14(10-25-18(15)20)12(2)17(13)24-3/h12H,9-11,13-17H2,1-8H3;7,19H,4-6,8-10H2,1-3H3,(H2,21,22,23)/b18-12+;11-7+. The molecule has 0 aromatic heterocycles. The molecule has 0 aliphatic carbocycles. The SMILES string of the molecule is COc1c(C)c2c(c(O)c1C/C=C(\C)CCCCP(=O)(O)O)C(=O)OC2.COc1c(C)c2c(c(OCC[Si](C)(C)C)c1C/C=C(\C)CCCCP(C)(C)=O)C(=O)OC2. The molecule has 2 aromatic carbocycles. The maximum Gasteiger partial charge on any atom is 0.342 e. The number of unbranched alkanes of at least 4 members (excludes halogenated alkanes) is 2. The number of phenolic OH excluding ortho intramolecular Hbond substituents is 1. The largest absolute Gasteiger partial charge is 0.507 e. The zero-order valence-electron chi connectivity index (χ0n) is 36.5. The molecule has 0 bridgehead atoms. The van der Waals surface area contributed by atoms with Gasteiger partial charge in [0, 0.05) is 42.7 Å². The molecule has 2 aliphatic heterocycles. The van der Waals surface area contributed by atoms with Gasteiger partial charge in [0.1, 0.15) is 47.3 Å². The van der Waals surface area contributed by atoms with Gasteiger partial charge in [-0.2, -0.15) is 0 Å². The van der Waals surface area contributed by atoms with Crippen molar-refractivity contribution in [2.75, 3.05) is 46.5 Å². The topological polar surface area (TPSA) is 175 Å². The van der Waals surface area contributed by atoms with Gasteiger partial charge in [-0.05, 0) is 110 Å². The number of hydrogen-bond acceptors (Lipinski definition) is 10. The summed E-state index contributed by atoms with van der Waals surface area (Å²) in [6.07, 6.45) is 10.7. The van der Waals surface area contributed by atoms with Crippen LogP contribution in [0.1, 0.15) is 106 Å². The molecule has 2 aromatic rings. The third-order valence-electron chi connectivity index (χ3n) is 10.5. The van der Waals surface area contributed by atoms with E-state index in [-0.39, 0.29) is 36.7 Å². The minimum atomic E-state index is -3.94. The smallest absolute Gasteiger partial charge is 0.342 e. The van der Waals surface area contributed by atoms with Crippen molar-refractivity contribution in [1.29, 1.82) is 0 Å². The van der Waals surface area contributed by atoms with Gasteiger partial charge >= 0.3 is 19.5 Å². The normalized spacial score (nSPS) is 14.4.